The molecule has 0 spiro atoms. The first kappa shape index (κ1) is 14.9. The predicted molar refractivity (Wildman–Crippen MR) is 77.5 cm³/mol. The number of aliphatic hydroxyl groups excluding tert-OH is 1. The third-order valence-corrected chi connectivity index (χ3v) is 3.11. The summed E-state index contributed by atoms with van der Waals surface area (Å²) in [4.78, 5) is 14.6. The summed E-state index contributed by atoms with van der Waals surface area (Å²) in [5.41, 5.74) is 1.95. The first-order valence-corrected chi connectivity index (χ1v) is 6.46. The Morgan fingerprint density at radius 2 is 2.00 bits per heavy atom. The molecule has 1 aromatic carbocycles. The van der Waals surface area contributed by atoms with Crippen molar-refractivity contribution in [3.8, 4) is 11.5 Å². The summed E-state index contributed by atoms with van der Waals surface area (Å²) in [6, 6.07) is 6.44. The molecule has 0 amide bonds. The number of aromatic nitrogens is 1. The minimum Gasteiger partial charge on any atom is -0.455 e. The smallest absolute Gasteiger partial charge is 0.276 e. The Balaban J connectivity index is 2.30. The quantitative estimate of drug-likeness (QED) is 0.688. The van der Waals surface area contributed by atoms with E-state index in [1.54, 1.807) is 32.0 Å². The van der Waals surface area contributed by atoms with E-state index in [4.69, 9.17) is 4.74 Å². The molecule has 6 heteroatoms. The van der Waals surface area contributed by atoms with Gasteiger partial charge >= 0.3 is 0 Å². The summed E-state index contributed by atoms with van der Waals surface area (Å²) in [5.74, 6) is 0.875. The minimum absolute atomic E-state index is 0.0177. The van der Waals surface area contributed by atoms with Gasteiger partial charge in [-0.15, -0.1) is 0 Å². The number of nitro benzene ring substituents is 1. The van der Waals surface area contributed by atoms with Crippen LogP contribution in [0.5, 0.6) is 11.5 Å². The molecule has 0 unspecified atom stereocenters. The second-order valence-electron chi connectivity index (χ2n) is 4.86. The Morgan fingerprint density at radius 3 is 2.52 bits per heavy atom. The van der Waals surface area contributed by atoms with Crippen LogP contribution < -0.4 is 4.74 Å². The molecule has 0 bridgehead atoms. The van der Waals surface area contributed by atoms with Crippen LogP contribution in [0, 0.1) is 24.0 Å². The van der Waals surface area contributed by atoms with Crippen molar-refractivity contribution in [2.24, 2.45) is 0 Å². The Bertz CT molecular complexity index is 666. The van der Waals surface area contributed by atoms with Crippen LogP contribution in [0.2, 0.25) is 0 Å². The Hall–Kier alpha value is -2.47. The largest absolute Gasteiger partial charge is 0.455 e. The van der Waals surface area contributed by atoms with Crippen LogP contribution in [0.25, 0.3) is 0 Å². The summed E-state index contributed by atoms with van der Waals surface area (Å²) in [6.45, 7) is 5.13. The average Bonchev–Trinajstić information content (AvgIpc) is 2.42. The van der Waals surface area contributed by atoms with Gasteiger partial charge in [-0.1, -0.05) is 0 Å². The van der Waals surface area contributed by atoms with Crippen LogP contribution in [0.1, 0.15) is 29.8 Å². The third-order valence-electron chi connectivity index (χ3n) is 3.11. The van der Waals surface area contributed by atoms with Crippen molar-refractivity contribution in [3.05, 3.63) is 57.4 Å². The van der Waals surface area contributed by atoms with Gasteiger partial charge in [0.1, 0.15) is 11.5 Å². The second kappa shape index (κ2) is 5.88. The van der Waals surface area contributed by atoms with Gasteiger partial charge in [-0.2, -0.15) is 0 Å². The highest BCUT2D eigenvalue weighted by Crippen LogP contribution is 2.31. The van der Waals surface area contributed by atoms with E-state index in [1.807, 2.05) is 6.92 Å². The fourth-order valence-electron chi connectivity index (χ4n) is 1.95. The molecule has 21 heavy (non-hydrogen) atoms. The maximum atomic E-state index is 11.0. The van der Waals surface area contributed by atoms with E-state index in [9.17, 15) is 15.2 Å². The lowest BCUT2D eigenvalue weighted by Crippen LogP contribution is -1.97. The van der Waals surface area contributed by atoms with E-state index in [0.717, 1.165) is 5.56 Å². The van der Waals surface area contributed by atoms with Gasteiger partial charge in [-0.05, 0) is 44.5 Å². The number of ether oxygens (including phenoxy) is 1. The van der Waals surface area contributed by atoms with Crippen LogP contribution in [0.15, 0.2) is 30.5 Å². The standard InChI is InChI=1S/C15H16N2O4/c1-9-6-10(2)15(7-14(9)17(19)20)21-12-4-5-13(11(3)18)16-8-12/h4-8,11,18H,1-3H3/t11-/m0/s1. The summed E-state index contributed by atoms with van der Waals surface area (Å²) in [7, 11) is 0. The Kier molecular flexibility index (Phi) is 4.18. The van der Waals surface area contributed by atoms with E-state index in [1.165, 1.54) is 12.3 Å². The van der Waals surface area contributed by atoms with Gasteiger partial charge in [0.25, 0.3) is 5.69 Å². The molecule has 110 valence electrons. The van der Waals surface area contributed by atoms with E-state index >= 15 is 0 Å². The molecule has 6 nitrogen and oxygen atoms in total. The van der Waals surface area contributed by atoms with Crippen molar-refractivity contribution in [2.75, 3.05) is 0 Å². The number of benzene rings is 1. The number of hydrogen-bond acceptors (Lipinski definition) is 5. The van der Waals surface area contributed by atoms with E-state index in [-0.39, 0.29) is 5.69 Å². The highest BCUT2D eigenvalue weighted by molar-refractivity contribution is 5.50. The van der Waals surface area contributed by atoms with E-state index < -0.39 is 11.0 Å². The molecular formula is C15H16N2O4. The lowest BCUT2D eigenvalue weighted by molar-refractivity contribution is -0.385. The van der Waals surface area contributed by atoms with E-state index in [2.05, 4.69) is 4.98 Å². The second-order valence-corrected chi connectivity index (χ2v) is 4.86. The fourth-order valence-corrected chi connectivity index (χ4v) is 1.95. The fraction of sp³-hybridized carbons (Fsp3) is 0.267. The molecule has 1 heterocycles. The maximum Gasteiger partial charge on any atom is 0.276 e. The topological polar surface area (TPSA) is 85.5 Å². The highest BCUT2D eigenvalue weighted by atomic mass is 16.6. The number of nitro groups is 1. The molecule has 0 radical (unpaired) electrons. The van der Waals surface area contributed by atoms with Gasteiger partial charge in [-0.3, -0.25) is 15.1 Å². The molecule has 0 fully saturated rings. The van der Waals surface area contributed by atoms with Crippen molar-refractivity contribution in [1.82, 2.24) is 4.98 Å². The van der Waals surface area contributed by atoms with Crippen LogP contribution in [-0.2, 0) is 0 Å². The van der Waals surface area contributed by atoms with Gasteiger partial charge in [0, 0.05) is 5.56 Å². The molecular weight excluding hydrogens is 272 g/mol. The van der Waals surface area contributed by atoms with Gasteiger partial charge in [0.15, 0.2) is 0 Å². The Labute approximate surface area is 122 Å². The highest BCUT2D eigenvalue weighted by Gasteiger charge is 2.15. The van der Waals surface area contributed by atoms with Gasteiger partial charge < -0.3 is 9.84 Å². The lowest BCUT2D eigenvalue weighted by Gasteiger charge is -2.10. The first-order valence-electron chi connectivity index (χ1n) is 6.46. The zero-order valence-corrected chi connectivity index (χ0v) is 12.0. The molecule has 0 saturated heterocycles. The summed E-state index contributed by atoms with van der Waals surface area (Å²) < 4.78 is 5.64. The number of aliphatic hydroxyl groups is 1. The van der Waals surface area contributed by atoms with Crippen molar-refractivity contribution in [2.45, 2.75) is 26.9 Å². The minimum atomic E-state index is -0.652. The van der Waals surface area contributed by atoms with Gasteiger partial charge in [0.05, 0.1) is 29.0 Å². The van der Waals surface area contributed by atoms with Crippen molar-refractivity contribution < 1.29 is 14.8 Å². The molecule has 0 saturated carbocycles. The van der Waals surface area contributed by atoms with Crippen LogP contribution in [0.3, 0.4) is 0 Å². The van der Waals surface area contributed by atoms with Crippen molar-refractivity contribution in [1.29, 1.82) is 0 Å². The molecule has 0 aliphatic carbocycles. The maximum absolute atomic E-state index is 11.0. The molecule has 1 atom stereocenters. The lowest BCUT2D eigenvalue weighted by atomic mass is 10.1. The van der Waals surface area contributed by atoms with Crippen molar-refractivity contribution >= 4 is 5.69 Å². The molecule has 0 aliphatic rings. The molecule has 1 N–H and O–H groups in total. The average molecular weight is 288 g/mol. The monoisotopic (exact) mass is 288 g/mol. The number of hydrogen-bond donors (Lipinski definition) is 1. The van der Waals surface area contributed by atoms with Gasteiger partial charge in [-0.25, -0.2) is 0 Å². The van der Waals surface area contributed by atoms with Crippen LogP contribution in [-0.4, -0.2) is 15.0 Å². The number of aryl methyl sites for hydroxylation is 2. The van der Waals surface area contributed by atoms with Gasteiger partial charge in [0.2, 0.25) is 0 Å². The molecule has 0 aliphatic heterocycles. The molecule has 2 aromatic rings. The Morgan fingerprint density at radius 1 is 1.29 bits per heavy atom. The van der Waals surface area contributed by atoms with E-state index in [0.29, 0.717) is 22.8 Å². The number of rotatable bonds is 4. The van der Waals surface area contributed by atoms with Crippen LogP contribution >= 0.6 is 0 Å². The zero-order chi connectivity index (χ0) is 15.6. The zero-order valence-electron chi connectivity index (χ0n) is 12.0. The first-order chi connectivity index (χ1) is 9.88. The molecule has 1 aromatic heterocycles. The normalized spacial score (nSPS) is 12.0. The number of pyridine rings is 1. The van der Waals surface area contributed by atoms with Crippen molar-refractivity contribution in [3.63, 3.8) is 0 Å². The SMILES string of the molecule is Cc1cc(C)c([N+](=O)[O-])cc1Oc1ccc([C@H](C)O)nc1. The predicted octanol–water partition coefficient (Wildman–Crippen LogP) is 3.45. The molecule has 2 rings (SSSR count). The third kappa shape index (κ3) is 3.35. The summed E-state index contributed by atoms with van der Waals surface area (Å²) in [5, 5.41) is 20.4. The summed E-state index contributed by atoms with van der Waals surface area (Å²) in [6.07, 6.45) is 0.828. The van der Waals surface area contributed by atoms with Crippen LogP contribution in [0.4, 0.5) is 5.69 Å². The number of nitrogens with zero attached hydrogens (tertiary/aromatic N) is 2. The summed E-state index contributed by atoms with van der Waals surface area (Å²) >= 11 is 0.